The normalized spacial score (nSPS) is 10.9. The van der Waals surface area contributed by atoms with Crippen molar-refractivity contribution in [3.8, 4) is 0 Å². The zero-order valence-electron chi connectivity index (χ0n) is 14.4. The first kappa shape index (κ1) is 16.4. The Morgan fingerprint density at radius 1 is 0.962 bits per heavy atom. The number of hydrogen-bond donors (Lipinski definition) is 2. The van der Waals surface area contributed by atoms with E-state index < -0.39 is 0 Å². The molecule has 0 aliphatic heterocycles. The molecule has 0 fully saturated rings. The van der Waals surface area contributed by atoms with Crippen LogP contribution in [0.4, 0.5) is 23.1 Å². The minimum Gasteiger partial charge on any atom is -0.339 e. The Balaban J connectivity index is 1.76. The lowest BCUT2D eigenvalue weighted by Crippen LogP contribution is -2.03. The van der Waals surface area contributed by atoms with Crippen molar-refractivity contribution in [1.29, 1.82) is 0 Å². The van der Waals surface area contributed by atoms with Crippen LogP contribution in [0.25, 0.3) is 11.0 Å². The molecule has 0 radical (unpaired) electrons. The lowest BCUT2D eigenvalue weighted by Gasteiger charge is -2.11. The molecule has 0 amide bonds. The van der Waals surface area contributed by atoms with Gasteiger partial charge in [-0.05, 0) is 42.8 Å². The topological polar surface area (TPSA) is 67.7 Å². The van der Waals surface area contributed by atoms with Crippen molar-refractivity contribution in [2.75, 3.05) is 10.6 Å². The Bertz CT molecular complexity index is 1090. The molecule has 2 heterocycles. The number of nitrogens with one attached hydrogen (secondary N) is 2. The highest BCUT2D eigenvalue weighted by molar-refractivity contribution is 6.30. The van der Waals surface area contributed by atoms with Crippen molar-refractivity contribution in [2.45, 2.75) is 6.92 Å². The van der Waals surface area contributed by atoms with E-state index in [1.165, 1.54) is 0 Å². The van der Waals surface area contributed by atoms with Crippen molar-refractivity contribution in [1.82, 2.24) is 19.7 Å². The van der Waals surface area contributed by atoms with Crippen molar-refractivity contribution < 1.29 is 0 Å². The number of benzene rings is 2. The second-order valence-electron chi connectivity index (χ2n) is 6.03. The molecule has 0 bridgehead atoms. The van der Waals surface area contributed by atoms with Crippen molar-refractivity contribution in [2.24, 2.45) is 7.05 Å². The minimum atomic E-state index is 0.497. The molecular weight excluding hydrogens is 348 g/mol. The van der Waals surface area contributed by atoms with Gasteiger partial charge in [-0.1, -0.05) is 29.8 Å². The fraction of sp³-hybridized carbons (Fsp3) is 0.105. The molecule has 0 unspecified atom stereocenters. The van der Waals surface area contributed by atoms with Gasteiger partial charge in [0, 0.05) is 23.4 Å². The van der Waals surface area contributed by atoms with Crippen LogP contribution in [-0.2, 0) is 7.05 Å². The lowest BCUT2D eigenvalue weighted by molar-refractivity contribution is 0.786. The van der Waals surface area contributed by atoms with Gasteiger partial charge in [0.25, 0.3) is 0 Å². The van der Waals surface area contributed by atoms with Crippen LogP contribution in [0.2, 0.25) is 5.02 Å². The number of aromatic nitrogens is 4. The molecule has 6 nitrogen and oxygen atoms in total. The highest BCUT2D eigenvalue weighted by Gasteiger charge is 2.12. The molecule has 130 valence electrons. The molecule has 0 spiro atoms. The third-order valence-corrected chi connectivity index (χ3v) is 4.19. The Hall–Kier alpha value is -3.12. The van der Waals surface area contributed by atoms with Gasteiger partial charge in [-0.3, -0.25) is 4.68 Å². The molecule has 2 aromatic heterocycles. The summed E-state index contributed by atoms with van der Waals surface area (Å²) in [5, 5.41) is 12.4. The molecule has 4 aromatic rings. The standard InChI is InChI=1S/C19H17ClN6/c1-12-5-3-7-14(9-12)23-19-24-17(16-11-21-26(2)18(16)25-19)22-15-8-4-6-13(20)10-15/h3-11H,1-2H3,(H2,22,23,24,25). The van der Waals surface area contributed by atoms with Gasteiger partial charge in [0.1, 0.15) is 5.82 Å². The van der Waals surface area contributed by atoms with Gasteiger partial charge in [0.15, 0.2) is 5.65 Å². The highest BCUT2D eigenvalue weighted by atomic mass is 35.5. The number of hydrogen-bond acceptors (Lipinski definition) is 5. The van der Waals surface area contributed by atoms with Gasteiger partial charge in [0.05, 0.1) is 11.6 Å². The van der Waals surface area contributed by atoms with E-state index in [0.29, 0.717) is 16.8 Å². The molecule has 0 aliphatic carbocycles. The molecule has 7 heteroatoms. The van der Waals surface area contributed by atoms with E-state index in [1.807, 2.05) is 62.5 Å². The zero-order chi connectivity index (χ0) is 18.1. The van der Waals surface area contributed by atoms with Crippen molar-refractivity contribution in [3.05, 3.63) is 65.3 Å². The highest BCUT2D eigenvalue weighted by Crippen LogP contribution is 2.27. The van der Waals surface area contributed by atoms with E-state index in [9.17, 15) is 0 Å². The lowest BCUT2D eigenvalue weighted by atomic mass is 10.2. The fourth-order valence-corrected chi connectivity index (χ4v) is 2.92. The number of anilines is 4. The second-order valence-corrected chi connectivity index (χ2v) is 6.47. The van der Waals surface area contributed by atoms with Gasteiger partial charge in [-0.15, -0.1) is 0 Å². The Kier molecular flexibility index (Phi) is 4.18. The maximum atomic E-state index is 6.09. The predicted octanol–water partition coefficient (Wildman–Crippen LogP) is 4.81. The molecule has 4 rings (SSSR count). The van der Waals surface area contributed by atoms with E-state index in [4.69, 9.17) is 11.6 Å². The smallest absolute Gasteiger partial charge is 0.231 e. The van der Waals surface area contributed by atoms with Crippen LogP contribution in [0.1, 0.15) is 5.56 Å². The first-order valence-electron chi connectivity index (χ1n) is 8.14. The molecule has 2 aromatic carbocycles. The van der Waals surface area contributed by atoms with Crippen LogP contribution in [-0.4, -0.2) is 19.7 Å². The van der Waals surface area contributed by atoms with E-state index in [2.05, 4.69) is 25.7 Å². The van der Waals surface area contributed by atoms with Crippen LogP contribution >= 0.6 is 11.6 Å². The SMILES string of the molecule is Cc1cccc(Nc2nc(Nc3cccc(Cl)c3)c3cnn(C)c3n2)c1. The van der Waals surface area contributed by atoms with Gasteiger partial charge >= 0.3 is 0 Å². The summed E-state index contributed by atoms with van der Waals surface area (Å²) in [4.78, 5) is 9.23. The predicted molar refractivity (Wildman–Crippen MR) is 106 cm³/mol. The molecule has 0 atom stereocenters. The third-order valence-electron chi connectivity index (χ3n) is 3.95. The Morgan fingerprint density at radius 2 is 1.73 bits per heavy atom. The average Bonchev–Trinajstić information content (AvgIpc) is 2.97. The van der Waals surface area contributed by atoms with E-state index in [1.54, 1.807) is 10.9 Å². The number of nitrogens with zero attached hydrogens (tertiary/aromatic N) is 4. The number of halogens is 1. The average molecular weight is 365 g/mol. The second kappa shape index (κ2) is 6.65. The number of fused-ring (bicyclic) bond motifs is 1. The summed E-state index contributed by atoms with van der Waals surface area (Å²) in [6.07, 6.45) is 1.75. The summed E-state index contributed by atoms with van der Waals surface area (Å²) in [7, 11) is 1.86. The van der Waals surface area contributed by atoms with Crippen LogP contribution in [0.5, 0.6) is 0 Å². The monoisotopic (exact) mass is 364 g/mol. The first-order valence-corrected chi connectivity index (χ1v) is 8.52. The van der Waals surface area contributed by atoms with Crippen LogP contribution < -0.4 is 10.6 Å². The van der Waals surface area contributed by atoms with E-state index in [-0.39, 0.29) is 0 Å². The van der Waals surface area contributed by atoms with Crippen LogP contribution in [0.15, 0.2) is 54.7 Å². The summed E-state index contributed by atoms with van der Waals surface area (Å²) < 4.78 is 1.72. The summed E-state index contributed by atoms with van der Waals surface area (Å²) in [6.45, 7) is 2.04. The summed E-state index contributed by atoms with van der Waals surface area (Å²) in [5.74, 6) is 1.16. The van der Waals surface area contributed by atoms with Gasteiger partial charge in [0.2, 0.25) is 5.95 Å². The minimum absolute atomic E-state index is 0.497. The molecule has 0 saturated heterocycles. The van der Waals surface area contributed by atoms with Crippen LogP contribution in [0.3, 0.4) is 0 Å². The molecule has 2 N–H and O–H groups in total. The molecular formula is C19H17ClN6. The van der Waals surface area contributed by atoms with Crippen molar-refractivity contribution >= 4 is 45.8 Å². The largest absolute Gasteiger partial charge is 0.339 e. The van der Waals surface area contributed by atoms with Gasteiger partial charge < -0.3 is 10.6 Å². The zero-order valence-corrected chi connectivity index (χ0v) is 15.1. The molecule has 0 aliphatic rings. The number of aryl methyl sites for hydroxylation is 2. The maximum absolute atomic E-state index is 6.09. The fourth-order valence-electron chi connectivity index (χ4n) is 2.73. The van der Waals surface area contributed by atoms with E-state index in [0.717, 1.165) is 28.0 Å². The Labute approximate surface area is 155 Å². The van der Waals surface area contributed by atoms with Gasteiger partial charge in [-0.2, -0.15) is 15.1 Å². The Morgan fingerprint density at radius 3 is 2.50 bits per heavy atom. The van der Waals surface area contributed by atoms with Crippen LogP contribution in [0, 0.1) is 6.92 Å². The summed E-state index contributed by atoms with van der Waals surface area (Å²) in [6, 6.07) is 15.6. The summed E-state index contributed by atoms with van der Waals surface area (Å²) in [5.41, 5.74) is 3.68. The molecule has 26 heavy (non-hydrogen) atoms. The first-order chi connectivity index (χ1) is 12.6. The quantitative estimate of drug-likeness (QED) is 0.543. The summed E-state index contributed by atoms with van der Waals surface area (Å²) >= 11 is 6.09. The maximum Gasteiger partial charge on any atom is 0.231 e. The number of rotatable bonds is 4. The van der Waals surface area contributed by atoms with Crippen molar-refractivity contribution in [3.63, 3.8) is 0 Å². The third kappa shape index (κ3) is 3.32. The van der Waals surface area contributed by atoms with Gasteiger partial charge in [-0.25, -0.2) is 0 Å². The van der Waals surface area contributed by atoms with E-state index >= 15 is 0 Å². The molecule has 0 saturated carbocycles.